The van der Waals surface area contributed by atoms with Gasteiger partial charge in [0.1, 0.15) is 11.1 Å². The largest absolute Gasteiger partial charge is 0.505 e. The summed E-state index contributed by atoms with van der Waals surface area (Å²) in [6.07, 6.45) is 1.12. The molecule has 4 aromatic rings. The molecule has 0 aliphatic carbocycles. The first-order valence-corrected chi connectivity index (χ1v) is 7.93. The molecule has 8 nitrogen and oxygen atoms in total. The van der Waals surface area contributed by atoms with E-state index in [9.17, 15) is 9.90 Å². The highest BCUT2D eigenvalue weighted by Crippen LogP contribution is 2.36. The van der Waals surface area contributed by atoms with Crippen molar-refractivity contribution in [3.8, 4) is 34.5 Å². The molecule has 0 saturated carbocycles. The number of nitrogens with one attached hydrogen (secondary N) is 1. The molecular weight excluding hydrogens is 336 g/mol. The van der Waals surface area contributed by atoms with Crippen LogP contribution in [0.15, 0.2) is 52.0 Å². The van der Waals surface area contributed by atoms with Gasteiger partial charge in [0.2, 0.25) is 12.3 Å². The average Bonchev–Trinajstić information content (AvgIpc) is 3.19. The van der Waals surface area contributed by atoms with Gasteiger partial charge in [-0.25, -0.2) is 4.98 Å². The zero-order valence-electron chi connectivity index (χ0n) is 13.8. The van der Waals surface area contributed by atoms with Crippen LogP contribution in [0.2, 0.25) is 0 Å². The van der Waals surface area contributed by atoms with Gasteiger partial charge in [-0.3, -0.25) is 4.79 Å². The predicted octanol–water partition coefficient (Wildman–Crippen LogP) is 2.74. The fourth-order valence-electron chi connectivity index (χ4n) is 2.73. The lowest BCUT2D eigenvalue weighted by atomic mass is 10.1. The summed E-state index contributed by atoms with van der Waals surface area (Å²) < 4.78 is 10.7. The van der Waals surface area contributed by atoms with E-state index in [4.69, 9.17) is 9.15 Å². The first-order chi connectivity index (χ1) is 12.7. The second kappa shape index (κ2) is 6.32. The van der Waals surface area contributed by atoms with E-state index in [2.05, 4.69) is 20.2 Å². The van der Waals surface area contributed by atoms with Crippen LogP contribution < -0.4 is 10.3 Å². The highest BCUT2D eigenvalue weighted by Gasteiger charge is 2.21. The van der Waals surface area contributed by atoms with Gasteiger partial charge in [-0.15, -0.1) is 10.2 Å². The summed E-state index contributed by atoms with van der Waals surface area (Å²) in [6, 6.07) is 11.0. The highest BCUT2D eigenvalue weighted by molar-refractivity contribution is 5.96. The second-order valence-electron chi connectivity index (χ2n) is 5.46. The third-order valence-electron chi connectivity index (χ3n) is 3.87. The molecule has 0 saturated heterocycles. The maximum absolute atomic E-state index is 12.6. The molecule has 0 bridgehead atoms. The Labute approximate surface area is 147 Å². The van der Waals surface area contributed by atoms with Gasteiger partial charge in [0.25, 0.3) is 11.4 Å². The van der Waals surface area contributed by atoms with E-state index in [-0.39, 0.29) is 28.6 Å². The van der Waals surface area contributed by atoms with Crippen molar-refractivity contribution in [2.24, 2.45) is 0 Å². The van der Waals surface area contributed by atoms with Crippen molar-refractivity contribution in [1.29, 1.82) is 0 Å². The minimum absolute atomic E-state index is 0.0116. The Kier molecular flexibility index (Phi) is 3.85. The maximum Gasteiger partial charge on any atom is 0.267 e. The molecule has 2 N–H and O–H groups in total. The van der Waals surface area contributed by atoms with Crippen LogP contribution in [0.4, 0.5) is 0 Å². The summed E-state index contributed by atoms with van der Waals surface area (Å²) >= 11 is 0. The topological polar surface area (TPSA) is 114 Å². The molecule has 0 amide bonds. The Hall–Kier alpha value is -3.68. The second-order valence-corrected chi connectivity index (χ2v) is 5.46. The van der Waals surface area contributed by atoms with E-state index in [0.717, 1.165) is 12.0 Å². The lowest BCUT2D eigenvalue weighted by molar-refractivity contribution is 0.331. The molecule has 1 aromatic carbocycles. The minimum Gasteiger partial charge on any atom is -0.505 e. The average molecular weight is 350 g/mol. The SMILES string of the molecule is CCOc1nc(-c2ccccc2)cc2c(O)c(-c3nnco3)[nH]c(=O)c12. The number of ether oxygens (including phenoxy) is 1. The van der Waals surface area contributed by atoms with Crippen LogP contribution >= 0.6 is 0 Å². The van der Waals surface area contributed by atoms with Gasteiger partial charge in [0, 0.05) is 10.9 Å². The van der Waals surface area contributed by atoms with Crippen LogP contribution in [-0.2, 0) is 0 Å². The lowest BCUT2D eigenvalue weighted by Gasteiger charge is -2.11. The molecule has 0 radical (unpaired) electrons. The molecule has 0 fully saturated rings. The lowest BCUT2D eigenvalue weighted by Crippen LogP contribution is -2.11. The predicted molar refractivity (Wildman–Crippen MR) is 93.9 cm³/mol. The number of hydrogen-bond donors (Lipinski definition) is 2. The number of benzene rings is 1. The first-order valence-electron chi connectivity index (χ1n) is 7.93. The number of fused-ring (bicyclic) bond motifs is 1. The molecule has 0 atom stereocenters. The Balaban J connectivity index is 2.06. The molecule has 0 unspecified atom stereocenters. The van der Waals surface area contributed by atoms with Gasteiger partial charge in [-0.2, -0.15) is 0 Å². The fourth-order valence-corrected chi connectivity index (χ4v) is 2.73. The van der Waals surface area contributed by atoms with Gasteiger partial charge in [0.15, 0.2) is 5.75 Å². The Morgan fingerprint density at radius 3 is 2.77 bits per heavy atom. The number of H-pyrrole nitrogens is 1. The van der Waals surface area contributed by atoms with Crippen molar-refractivity contribution in [2.45, 2.75) is 6.92 Å². The molecule has 3 heterocycles. The monoisotopic (exact) mass is 350 g/mol. The van der Waals surface area contributed by atoms with Crippen LogP contribution in [0.25, 0.3) is 33.6 Å². The first kappa shape index (κ1) is 15.8. The molecular formula is C18H14N4O4. The van der Waals surface area contributed by atoms with E-state index < -0.39 is 5.56 Å². The standard InChI is InChI=1S/C18H14N4O4/c1-2-25-17-13-11(8-12(20-17)10-6-4-3-5-7-10)15(23)14(21-16(13)24)18-22-19-9-26-18/h3-9,23H,2H2,1H3,(H,21,24). The van der Waals surface area contributed by atoms with Gasteiger partial charge < -0.3 is 19.2 Å². The highest BCUT2D eigenvalue weighted by atomic mass is 16.5. The smallest absolute Gasteiger partial charge is 0.267 e. The summed E-state index contributed by atoms with van der Waals surface area (Å²) in [5.41, 5.74) is 0.975. The van der Waals surface area contributed by atoms with Crippen molar-refractivity contribution in [1.82, 2.24) is 20.2 Å². The zero-order valence-corrected chi connectivity index (χ0v) is 13.8. The molecule has 26 heavy (non-hydrogen) atoms. The molecule has 0 spiro atoms. The third kappa shape index (κ3) is 2.57. The van der Waals surface area contributed by atoms with Gasteiger partial charge in [-0.05, 0) is 13.0 Å². The van der Waals surface area contributed by atoms with E-state index in [0.29, 0.717) is 17.7 Å². The number of nitrogens with zero attached hydrogens (tertiary/aromatic N) is 3. The summed E-state index contributed by atoms with van der Waals surface area (Å²) in [6.45, 7) is 2.12. The number of hydrogen-bond acceptors (Lipinski definition) is 7. The molecule has 130 valence electrons. The molecule has 3 aromatic heterocycles. The third-order valence-corrected chi connectivity index (χ3v) is 3.87. The number of aromatic amines is 1. The molecule has 8 heteroatoms. The Morgan fingerprint density at radius 1 is 1.27 bits per heavy atom. The van der Waals surface area contributed by atoms with E-state index in [1.54, 1.807) is 13.0 Å². The van der Waals surface area contributed by atoms with Gasteiger partial charge in [0.05, 0.1) is 12.3 Å². The molecule has 0 aliphatic rings. The van der Waals surface area contributed by atoms with E-state index in [1.807, 2.05) is 30.3 Å². The Bertz CT molecular complexity index is 1120. The van der Waals surface area contributed by atoms with Crippen molar-refractivity contribution in [3.63, 3.8) is 0 Å². The van der Waals surface area contributed by atoms with Crippen LogP contribution in [0, 0.1) is 0 Å². The zero-order chi connectivity index (χ0) is 18.1. The number of rotatable bonds is 4. The molecule has 0 aliphatic heterocycles. The number of aromatic nitrogens is 4. The molecule has 4 rings (SSSR count). The van der Waals surface area contributed by atoms with Crippen LogP contribution in [-0.4, -0.2) is 31.9 Å². The van der Waals surface area contributed by atoms with Crippen LogP contribution in [0.5, 0.6) is 11.6 Å². The van der Waals surface area contributed by atoms with Crippen molar-refractivity contribution < 1.29 is 14.3 Å². The van der Waals surface area contributed by atoms with Crippen LogP contribution in [0.1, 0.15) is 6.92 Å². The summed E-state index contributed by atoms with van der Waals surface area (Å²) in [7, 11) is 0. The quantitative estimate of drug-likeness (QED) is 0.581. The van der Waals surface area contributed by atoms with Crippen LogP contribution in [0.3, 0.4) is 0 Å². The van der Waals surface area contributed by atoms with Crippen molar-refractivity contribution >= 4 is 10.8 Å². The minimum atomic E-state index is -0.471. The Morgan fingerprint density at radius 2 is 2.08 bits per heavy atom. The summed E-state index contributed by atoms with van der Waals surface area (Å²) in [5.74, 6) is -0.0283. The van der Waals surface area contributed by atoms with Crippen molar-refractivity contribution in [3.05, 3.63) is 53.1 Å². The maximum atomic E-state index is 12.6. The summed E-state index contributed by atoms with van der Waals surface area (Å²) in [4.78, 5) is 19.6. The summed E-state index contributed by atoms with van der Waals surface area (Å²) in [5, 5.41) is 18.5. The van der Waals surface area contributed by atoms with E-state index >= 15 is 0 Å². The fraction of sp³-hybridized carbons (Fsp3) is 0.111. The number of aromatic hydroxyl groups is 1. The van der Waals surface area contributed by atoms with Crippen molar-refractivity contribution in [2.75, 3.05) is 6.61 Å². The van der Waals surface area contributed by atoms with Gasteiger partial charge in [-0.1, -0.05) is 30.3 Å². The van der Waals surface area contributed by atoms with Gasteiger partial charge >= 0.3 is 0 Å². The normalized spacial score (nSPS) is 11.0. The van der Waals surface area contributed by atoms with E-state index in [1.165, 1.54) is 0 Å². The number of pyridine rings is 2.